The van der Waals surface area contributed by atoms with Crippen molar-refractivity contribution in [2.24, 2.45) is 0 Å². The minimum absolute atomic E-state index is 0.0390. The highest BCUT2D eigenvalue weighted by Crippen LogP contribution is 2.13. The standard InChI is InChI=1S/C13H19FN2O2/c1-16(7-3-2-4-8-17)13(18)10-5-6-12(15)11(14)9-10/h5-6,9,17H,2-4,7-8,15H2,1H3. The zero-order chi connectivity index (χ0) is 13.5. The van der Waals surface area contributed by atoms with Crippen molar-refractivity contribution < 1.29 is 14.3 Å². The molecule has 0 atom stereocenters. The van der Waals surface area contributed by atoms with Gasteiger partial charge in [0.2, 0.25) is 0 Å². The molecule has 100 valence electrons. The molecule has 1 rings (SSSR count). The Labute approximate surface area is 106 Å². The van der Waals surface area contributed by atoms with Crippen LogP contribution in [0.3, 0.4) is 0 Å². The number of aliphatic hydroxyl groups excluding tert-OH is 1. The first-order valence-corrected chi connectivity index (χ1v) is 5.97. The predicted octanol–water partition coefficient (Wildman–Crippen LogP) is 1.64. The van der Waals surface area contributed by atoms with Crippen molar-refractivity contribution in [3.05, 3.63) is 29.6 Å². The number of nitrogens with two attached hydrogens (primary N) is 1. The summed E-state index contributed by atoms with van der Waals surface area (Å²) >= 11 is 0. The molecule has 0 aliphatic carbocycles. The van der Waals surface area contributed by atoms with Crippen molar-refractivity contribution in [3.8, 4) is 0 Å². The van der Waals surface area contributed by atoms with Crippen molar-refractivity contribution in [2.45, 2.75) is 19.3 Å². The van der Waals surface area contributed by atoms with Crippen LogP contribution < -0.4 is 5.73 Å². The number of aliphatic hydroxyl groups is 1. The normalized spacial score (nSPS) is 10.4. The molecule has 0 saturated heterocycles. The molecule has 18 heavy (non-hydrogen) atoms. The molecule has 0 unspecified atom stereocenters. The smallest absolute Gasteiger partial charge is 0.253 e. The molecule has 0 spiro atoms. The molecule has 1 amide bonds. The number of hydrogen-bond donors (Lipinski definition) is 2. The number of unbranched alkanes of at least 4 members (excludes halogenated alkanes) is 2. The lowest BCUT2D eigenvalue weighted by Gasteiger charge is -2.17. The van der Waals surface area contributed by atoms with E-state index in [0.717, 1.165) is 25.3 Å². The molecule has 1 aromatic carbocycles. The van der Waals surface area contributed by atoms with Crippen LogP contribution in [0, 0.1) is 5.82 Å². The Hall–Kier alpha value is -1.62. The quantitative estimate of drug-likeness (QED) is 0.599. The lowest BCUT2D eigenvalue weighted by atomic mass is 10.1. The van der Waals surface area contributed by atoms with Crippen molar-refractivity contribution >= 4 is 11.6 Å². The first-order valence-electron chi connectivity index (χ1n) is 5.97. The molecule has 0 heterocycles. The second kappa shape index (κ2) is 6.96. The van der Waals surface area contributed by atoms with Crippen LogP contribution in [0.5, 0.6) is 0 Å². The molecule has 0 aliphatic heterocycles. The van der Waals surface area contributed by atoms with Gasteiger partial charge >= 0.3 is 0 Å². The fourth-order valence-corrected chi connectivity index (χ4v) is 1.62. The number of carbonyl (C=O) groups is 1. The highest BCUT2D eigenvalue weighted by Gasteiger charge is 2.12. The van der Waals surface area contributed by atoms with Crippen LogP contribution >= 0.6 is 0 Å². The van der Waals surface area contributed by atoms with E-state index in [1.54, 1.807) is 11.9 Å². The van der Waals surface area contributed by atoms with Crippen molar-refractivity contribution in [2.75, 3.05) is 25.9 Å². The highest BCUT2D eigenvalue weighted by atomic mass is 19.1. The van der Waals surface area contributed by atoms with Crippen LogP contribution in [0.15, 0.2) is 18.2 Å². The monoisotopic (exact) mass is 254 g/mol. The zero-order valence-corrected chi connectivity index (χ0v) is 10.5. The summed E-state index contributed by atoms with van der Waals surface area (Å²) in [5, 5.41) is 8.64. The van der Waals surface area contributed by atoms with Crippen LogP contribution in [0.4, 0.5) is 10.1 Å². The minimum atomic E-state index is -0.575. The summed E-state index contributed by atoms with van der Waals surface area (Å²) in [4.78, 5) is 13.5. The molecular formula is C13H19FN2O2. The summed E-state index contributed by atoms with van der Waals surface area (Å²) in [6.45, 7) is 0.756. The van der Waals surface area contributed by atoms with E-state index in [0.29, 0.717) is 12.1 Å². The van der Waals surface area contributed by atoms with Gasteiger partial charge < -0.3 is 15.7 Å². The van der Waals surface area contributed by atoms with Gasteiger partial charge in [-0.15, -0.1) is 0 Å². The van der Waals surface area contributed by atoms with Gasteiger partial charge in [-0.1, -0.05) is 0 Å². The summed E-state index contributed by atoms with van der Waals surface area (Å²) in [6.07, 6.45) is 2.42. The maximum absolute atomic E-state index is 13.2. The van der Waals surface area contributed by atoms with Crippen LogP contribution in [0.2, 0.25) is 0 Å². The van der Waals surface area contributed by atoms with Crippen LogP contribution in [0.1, 0.15) is 29.6 Å². The number of nitrogens with zero attached hydrogens (tertiary/aromatic N) is 1. The number of amides is 1. The molecule has 0 fully saturated rings. The Morgan fingerprint density at radius 1 is 1.39 bits per heavy atom. The van der Waals surface area contributed by atoms with Gasteiger partial charge in [-0.25, -0.2) is 4.39 Å². The largest absolute Gasteiger partial charge is 0.396 e. The number of halogens is 1. The average molecular weight is 254 g/mol. The van der Waals surface area contributed by atoms with E-state index < -0.39 is 5.82 Å². The SMILES string of the molecule is CN(CCCCCO)C(=O)c1ccc(N)c(F)c1. The number of nitrogen functional groups attached to an aromatic ring is 1. The molecule has 0 aromatic heterocycles. The lowest BCUT2D eigenvalue weighted by Crippen LogP contribution is -2.27. The van der Waals surface area contributed by atoms with Crippen LogP contribution in [-0.2, 0) is 0 Å². The summed E-state index contributed by atoms with van der Waals surface area (Å²) in [7, 11) is 1.68. The van der Waals surface area contributed by atoms with E-state index in [2.05, 4.69) is 0 Å². The van der Waals surface area contributed by atoms with Gasteiger partial charge in [0.1, 0.15) is 5.82 Å². The second-order valence-electron chi connectivity index (χ2n) is 4.25. The number of hydrogen-bond acceptors (Lipinski definition) is 3. The van der Waals surface area contributed by atoms with E-state index in [4.69, 9.17) is 10.8 Å². The average Bonchev–Trinajstić information content (AvgIpc) is 2.37. The van der Waals surface area contributed by atoms with Gasteiger partial charge in [-0.3, -0.25) is 4.79 Å². The fourth-order valence-electron chi connectivity index (χ4n) is 1.62. The first kappa shape index (κ1) is 14.4. The highest BCUT2D eigenvalue weighted by molar-refractivity contribution is 5.94. The number of rotatable bonds is 6. The zero-order valence-electron chi connectivity index (χ0n) is 10.5. The Balaban J connectivity index is 2.54. The van der Waals surface area contributed by atoms with Gasteiger partial charge in [0.15, 0.2) is 0 Å². The number of anilines is 1. The van der Waals surface area contributed by atoms with E-state index in [-0.39, 0.29) is 18.2 Å². The summed E-state index contributed by atoms with van der Waals surface area (Å²) in [5.74, 6) is -0.799. The van der Waals surface area contributed by atoms with E-state index >= 15 is 0 Å². The second-order valence-corrected chi connectivity index (χ2v) is 4.25. The molecular weight excluding hydrogens is 235 g/mol. The van der Waals surface area contributed by atoms with Gasteiger partial charge in [-0.05, 0) is 37.5 Å². The van der Waals surface area contributed by atoms with Gasteiger partial charge in [-0.2, -0.15) is 0 Å². The molecule has 0 radical (unpaired) electrons. The molecule has 3 N–H and O–H groups in total. The minimum Gasteiger partial charge on any atom is -0.396 e. The Morgan fingerprint density at radius 3 is 2.72 bits per heavy atom. The third kappa shape index (κ3) is 4.00. The third-order valence-electron chi connectivity index (χ3n) is 2.75. The Morgan fingerprint density at radius 2 is 2.11 bits per heavy atom. The maximum Gasteiger partial charge on any atom is 0.253 e. The summed E-state index contributed by atoms with van der Waals surface area (Å²) in [6, 6.07) is 4.06. The molecule has 0 aliphatic rings. The van der Waals surface area contributed by atoms with Crippen LogP contribution in [0.25, 0.3) is 0 Å². The van der Waals surface area contributed by atoms with E-state index in [1.165, 1.54) is 12.1 Å². The van der Waals surface area contributed by atoms with Gasteiger partial charge in [0.05, 0.1) is 5.69 Å². The van der Waals surface area contributed by atoms with Gasteiger partial charge in [0.25, 0.3) is 5.91 Å². The molecule has 5 heteroatoms. The maximum atomic E-state index is 13.2. The Kier molecular flexibility index (Phi) is 5.58. The summed E-state index contributed by atoms with van der Waals surface area (Å²) < 4.78 is 13.2. The van der Waals surface area contributed by atoms with E-state index in [1.807, 2.05) is 0 Å². The van der Waals surface area contributed by atoms with Crippen molar-refractivity contribution in [1.29, 1.82) is 0 Å². The van der Waals surface area contributed by atoms with Crippen LogP contribution in [-0.4, -0.2) is 36.1 Å². The molecule has 1 aromatic rings. The fraction of sp³-hybridized carbons (Fsp3) is 0.462. The van der Waals surface area contributed by atoms with E-state index in [9.17, 15) is 9.18 Å². The van der Waals surface area contributed by atoms with Crippen molar-refractivity contribution in [1.82, 2.24) is 4.90 Å². The number of carbonyl (C=O) groups excluding carboxylic acids is 1. The Bertz CT molecular complexity index is 410. The predicted molar refractivity (Wildman–Crippen MR) is 68.7 cm³/mol. The first-order chi connectivity index (χ1) is 8.56. The van der Waals surface area contributed by atoms with Gasteiger partial charge in [0, 0.05) is 25.8 Å². The molecule has 0 saturated carbocycles. The molecule has 0 bridgehead atoms. The molecule has 4 nitrogen and oxygen atoms in total. The van der Waals surface area contributed by atoms with Crippen molar-refractivity contribution in [3.63, 3.8) is 0 Å². The number of benzene rings is 1. The lowest BCUT2D eigenvalue weighted by molar-refractivity contribution is 0.0791. The third-order valence-corrected chi connectivity index (χ3v) is 2.75. The topological polar surface area (TPSA) is 66.6 Å². The summed E-state index contributed by atoms with van der Waals surface area (Å²) in [5.41, 5.74) is 5.69.